The van der Waals surface area contributed by atoms with Crippen LogP contribution in [0.3, 0.4) is 0 Å². The highest BCUT2D eigenvalue weighted by atomic mass is 127. The second-order valence-electron chi connectivity index (χ2n) is 1.87. The summed E-state index contributed by atoms with van der Waals surface area (Å²) < 4.78 is 23.1. The fourth-order valence-corrected chi connectivity index (χ4v) is 5.64. The first-order valence-corrected chi connectivity index (χ1v) is 7.13. The van der Waals surface area contributed by atoms with Gasteiger partial charge in [0.15, 0.2) is 0 Å². The molecule has 66 valence electrons. The van der Waals surface area contributed by atoms with E-state index in [1.165, 1.54) is 12.4 Å². The monoisotopic (exact) mass is 429 g/mol. The maximum absolute atomic E-state index is 11.0. The number of pyridine rings is 1. The molecule has 1 rings (SSSR count). The summed E-state index contributed by atoms with van der Waals surface area (Å²) in [4.78, 5) is 3.96. The molecule has 0 aliphatic rings. The van der Waals surface area contributed by atoms with Crippen molar-refractivity contribution in [2.24, 2.45) is 0 Å². The third kappa shape index (κ3) is 2.42. The van der Waals surface area contributed by atoms with E-state index in [1.54, 1.807) is 0 Å². The summed E-state index contributed by atoms with van der Waals surface area (Å²) in [5.74, 6) is 0. The van der Waals surface area contributed by atoms with Crippen molar-refractivity contribution < 1.29 is 8.42 Å². The Morgan fingerprint density at radius 1 is 1.25 bits per heavy atom. The summed E-state index contributed by atoms with van der Waals surface area (Å²) in [5.41, 5.74) is 0. The molecule has 0 spiro atoms. The molecule has 1 aromatic rings. The number of hydrogen-bond acceptors (Lipinski definition) is 3. The summed E-state index contributed by atoms with van der Waals surface area (Å²) in [6.45, 7) is 0. The average molecular weight is 429 g/mol. The van der Waals surface area contributed by atoms with Crippen molar-refractivity contribution in [2.45, 2.75) is 4.90 Å². The van der Waals surface area contributed by atoms with Gasteiger partial charge in [-0.25, -0.2) is 8.42 Å². The quantitative estimate of drug-likeness (QED) is 0.508. The van der Waals surface area contributed by atoms with Gasteiger partial charge in [0.25, 0.3) is 9.05 Å². The number of nitrogens with zero attached hydrogens (tertiary/aromatic N) is 1. The van der Waals surface area contributed by atoms with Crippen LogP contribution >= 0.6 is 55.9 Å². The Hall–Kier alpha value is 0.850. The summed E-state index contributed by atoms with van der Waals surface area (Å²) in [5, 5.41) is 0. The van der Waals surface area contributed by atoms with Crippen LogP contribution in [0.15, 0.2) is 17.3 Å². The molecule has 1 aromatic heterocycles. The van der Waals surface area contributed by atoms with Gasteiger partial charge in [0.1, 0.15) is 4.90 Å². The van der Waals surface area contributed by atoms with Crippen LogP contribution in [0.4, 0.5) is 0 Å². The van der Waals surface area contributed by atoms with E-state index in [9.17, 15) is 8.42 Å². The highest BCUT2D eigenvalue weighted by Crippen LogP contribution is 2.25. The van der Waals surface area contributed by atoms with Crippen LogP contribution < -0.4 is 0 Å². The fourth-order valence-electron chi connectivity index (χ4n) is 0.632. The van der Waals surface area contributed by atoms with Gasteiger partial charge in [-0.2, -0.15) is 0 Å². The van der Waals surface area contributed by atoms with Crippen molar-refractivity contribution in [1.29, 1.82) is 0 Å². The Morgan fingerprint density at radius 2 is 1.67 bits per heavy atom. The molecule has 0 saturated carbocycles. The fraction of sp³-hybridized carbons (Fsp3) is 0. The van der Waals surface area contributed by atoms with Crippen LogP contribution in [-0.4, -0.2) is 13.4 Å². The molecule has 0 radical (unpaired) electrons. The number of aromatic nitrogens is 1. The predicted molar refractivity (Wildman–Crippen MR) is 62.7 cm³/mol. The second kappa shape index (κ2) is 3.93. The zero-order chi connectivity index (χ0) is 9.35. The van der Waals surface area contributed by atoms with Gasteiger partial charge in [-0.1, -0.05) is 0 Å². The first-order chi connectivity index (χ1) is 5.43. The highest BCUT2D eigenvalue weighted by molar-refractivity contribution is 14.1. The van der Waals surface area contributed by atoms with Crippen molar-refractivity contribution in [3.05, 3.63) is 19.5 Å². The van der Waals surface area contributed by atoms with E-state index in [1.807, 2.05) is 45.2 Å². The normalized spacial score (nSPS) is 11.6. The smallest absolute Gasteiger partial charge is 0.262 e. The predicted octanol–water partition coefficient (Wildman–Crippen LogP) is 2.22. The average Bonchev–Trinajstić information content (AvgIpc) is 1.82. The van der Waals surface area contributed by atoms with Crippen LogP contribution in [0, 0.1) is 7.14 Å². The van der Waals surface area contributed by atoms with E-state index < -0.39 is 9.05 Å². The third-order valence-electron chi connectivity index (χ3n) is 1.05. The standard InChI is InChI=1S/C5H2ClI2NO2S/c6-12(10,11)5-3(7)1-9-2-4(5)8/h1-2H. The Morgan fingerprint density at radius 3 is 1.92 bits per heavy atom. The molecule has 0 N–H and O–H groups in total. The second-order valence-corrected chi connectivity index (χ2v) is 6.70. The highest BCUT2D eigenvalue weighted by Gasteiger charge is 2.17. The van der Waals surface area contributed by atoms with E-state index in [4.69, 9.17) is 10.7 Å². The number of hydrogen-bond donors (Lipinski definition) is 0. The molecule has 0 fully saturated rings. The Labute approximate surface area is 102 Å². The lowest BCUT2D eigenvalue weighted by atomic mass is 10.5. The third-order valence-corrected chi connectivity index (χ3v) is 4.81. The first-order valence-electron chi connectivity index (χ1n) is 2.66. The van der Waals surface area contributed by atoms with Gasteiger partial charge in [-0.15, -0.1) is 0 Å². The van der Waals surface area contributed by atoms with Gasteiger partial charge in [0.2, 0.25) is 0 Å². The van der Waals surface area contributed by atoms with Crippen LogP contribution in [0.25, 0.3) is 0 Å². The van der Waals surface area contributed by atoms with Crippen molar-refractivity contribution in [3.63, 3.8) is 0 Å². The molecule has 0 bridgehead atoms. The van der Waals surface area contributed by atoms with E-state index in [2.05, 4.69) is 4.98 Å². The van der Waals surface area contributed by atoms with Crippen molar-refractivity contribution in [1.82, 2.24) is 4.98 Å². The largest absolute Gasteiger partial charge is 0.263 e. The molecule has 0 unspecified atom stereocenters. The summed E-state index contributed by atoms with van der Waals surface area (Å²) in [6.07, 6.45) is 2.91. The van der Waals surface area contributed by atoms with Gasteiger partial charge in [0.05, 0.1) is 7.14 Å². The number of halogens is 3. The van der Waals surface area contributed by atoms with Gasteiger partial charge >= 0.3 is 0 Å². The summed E-state index contributed by atoms with van der Waals surface area (Å²) in [7, 11) is 1.56. The molecular formula is C5H2ClI2NO2S. The van der Waals surface area contributed by atoms with E-state index in [-0.39, 0.29) is 4.90 Å². The SMILES string of the molecule is O=S(=O)(Cl)c1c(I)cncc1I. The number of rotatable bonds is 1. The Kier molecular flexibility index (Phi) is 3.58. The van der Waals surface area contributed by atoms with Crippen LogP contribution in [0.1, 0.15) is 0 Å². The minimum atomic E-state index is -3.65. The Balaban J connectivity index is 3.53. The maximum Gasteiger partial charge on any atom is 0.263 e. The minimum Gasteiger partial charge on any atom is -0.262 e. The lowest BCUT2D eigenvalue weighted by Gasteiger charge is -2.00. The van der Waals surface area contributed by atoms with Crippen molar-refractivity contribution in [3.8, 4) is 0 Å². The molecule has 0 aliphatic heterocycles. The summed E-state index contributed by atoms with van der Waals surface area (Å²) >= 11 is 3.76. The van der Waals surface area contributed by atoms with E-state index in [0.29, 0.717) is 7.14 Å². The molecule has 0 aromatic carbocycles. The van der Waals surface area contributed by atoms with Crippen molar-refractivity contribution >= 4 is 64.9 Å². The minimum absolute atomic E-state index is 0.139. The van der Waals surface area contributed by atoms with Gasteiger partial charge in [-0.05, 0) is 45.2 Å². The first kappa shape index (κ1) is 10.9. The molecule has 7 heteroatoms. The maximum atomic E-state index is 11.0. The molecule has 0 atom stereocenters. The molecule has 0 saturated heterocycles. The molecule has 12 heavy (non-hydrogen) atoms. The summed E-state index contributed by atoms with van der Waals surface area (Å²) in [6, 6.07) is 0. The zero-order valence-corrected chi connectivity index (χ0v) is 11.3. The molecular weight excluding hydrogens is 427 g/mol. The van der Waals surface area contributed by atoms with E-state index in [0.717, 1.165) is 0 Å². The van der Waals surface area contributed by atoms with Crippen LogP contribution in [-0.2, 0) is 9.05 Å². The Bertz CT molecular complexity index is 386. The van der Waals surface area contributed by atoms with Gasteiger partial charge in [0, 0.05) is 23.1 Å². The lowest BCUT2D eigenvalue weighted by molar-refractivity contribution is 0.608. The van der Waals surface area contributed by atoms with Crippen molar-refractivity contribution in [2.75, 3.05) is 0 Å². The van der Waals surface area contributed by atoms with E-state index >= 15 is 0 Å². The molecule has 1 heterocycles. The molecule has 0 amide bonds. The molecule has 0 aliphatic carbocycles. The topological polar surface area (TPSA) is 47.0 Å². The van der Waals surface area contributed by atoms with Crippen LogP contribution in [0.2, 0.25) is 0 Å². The zero-order valence-electron chi connectivity index (χ0n) is 5.46. The molecule has 3 nitrogen and oxygen atoms in total. The van der Waals surface area contributed by atoms with Gasteiger partial charge in [-0.3, -0.25) is 4.98 Å². The van der Waals surface area contributed by atoms with Crippen LogP contribution in [0.5, 0.6) is 0 Å². The lowest BCUT2D eigenvalue weighted by Crippen LogP contribution is -1.98. The van der Waals surface area contributed by atoms with Gasteiger partial charge < -0.3 is 0 Å².